The van der Waals surface area contributed by atoms with Gasteiger partial charge in [0.05, 0.1) is 17.0 Å². The number of rotatable bonds is 3. The molecule has 6 heteroatoms. The molecular formula is C15H12ClFN2O2. The van der Waals surface area contributed by atoms with Crippen molar-refractivity contribution in [2.45, 2.75) is 6.42 Å². The zero-order chi connectivity index (χ0) is 15.2. The Morgan fingerprint density at radius 2 is 1.67 bits per heavy atom. The van der Waals surface area contributed by atoms with Gasteiger partial charge in [-0.3, -0.25) is 20.4 Å². The summed E-state index contributed by atoms with van der Waals surface area (Å²) in [6.45, 7) is 0. The number of halogens is 2. The zero-order valence-corrected chi connectivity index (χ0v) is 11.7. The van der Waals surface area contributed by atoms with Crippen molar-refractivity contribution in [1.82, 2.24) is 10.9 Å². The molecule has 0 fully saturated rings. The fourth-order valence-electron chi connectivity index (χ4n) is 1.67. The van der Waals surface area contributed by atoms with Gasteiger partial charge in [0.15, 0.2) is 0 Å². The molecule has 0 atom stereocenters. The number of amides is 2. The molecular weight excluding hydrogens is 295 g/mol. The zero-order valence-electron chi connectivity index (χ0n) is 10.9. The summed E-state index contributed by atoms with van der Waals surface area (Å²) in [5.41, 5.74) is 5.46. The van der Waals surface area contributed by atoms with Crippen LogP contribution in [0, 0.1) is 5.82 Å². The number of hydrogen-bond acceptors (Lipinski definition) is 2. The van der Waals surface area contributed by atoms with E-state index in [4.69, 9.17) is 11.6 Å². The second-order valence-electron chi connectivity index (χ2n) is 4.29. The van der Waals surface area contributed by atoms with E-state index in [1.165, 1.54) is 24.3 Å². The molecule has 0 unspecified atom stereocenters. The summed E-state index contributed by atoms with van der Waals surface area (Å²) in [7, 11) is 0. The molecule has 21 heavy (non-hydrogen) atoms. The first-order chi connectivity index (χ1) is 10.1. The van der Waals surface area contributed by atoms with Crippen molar-refractivity contribution in [3.8, 4) is 0 Å². The van der Waals surface area contributed by atoms with E-state index in [1.54, 1.807) is 24.3 Å². The first-order valence-corrected chi connectivity index (χ1v) is 6.52. The van der Waals surface area contributed by atoms with Crippen LogP contribution in [0.25, 0.3) is 0 Å². The molecule has 2 aromatic rings. The molecule has 0 aliphatic heterocycles. The lowest BCUT2D eigenvalue weighted by atomic mass is 10.1. The predicted octanol–water partition coefficient (Wildman–Crippen LogP) is 2.48. The molecule has 0 saturated heterocycles. The third-order valence-electron chi connectivity index (χ3n) is 2.71. The number of hydrogen-bond donors (Lipinski definition) is 2. The van der Waals surface area contributed by atoms with Crippen LogP contribution in [0.2, 0.25) is 5.02 Å². The van der Waals surface area contributed by atoms with E-state index >= 15 is 0 Å². The summed E-state index contributed by atoms with van der Waals surface area (Å²) in [6.07, 6.45) is 0.0308. The highest BCUT2D eigenvalue weighted by molar-refractivity contribution is 6.33. The Morgan fingerprint density at radius 3 is 2.33 bits per heavy atom. The minimum absolute atomic E-state index is 0.0308. The van der Waals surface area contributed by atoms with Crippen LogP contribution in [0.3, 0.4) is 0 Å². The summed E-state index contributed by atoms with van der Waals surface area (Å²) in [5.74, 6) is -1.29. The maximum atomic E-state index is 12.7. The molecule has 2 amide bonds. The predicted molar refractivity (Wildman–Crippen MR) is 77.2 cm³/mol. The van der Waals surface area contributed by atoms with Gasteiger partial charge >= 0.3 is 0 Å². The minimum atomic E-state index is -0.506. The van der Waals surface area contributed by atoms with E-state index in [0.717, 1.165) is 0 Å². The molecule has 0 bridgehead atoms. The van der Waals surface area contributed by atoms with Crippen LogP contribution in [0.4, 0.5) is 4.39 Å². The quantitative estimate of drug-likeness (QED) is 0.856. The molecule has 0 heterocycles. The van der Waals surface area contributed by atoms with Gasteiger partial charge in [0.25, 0.3) is 5.91 Å². The molecule has 0 aliphatic rings. The summed E-state index contributed by atoms with van der Waals surface area (Å²) in [6, 6.07) is 12.0. The molecule has 0 saturated carbocycles. The van der Waals surface area contributed by atoms with Gasteiger partial charge in [-0.05, 0) is 29.8 Å². The van der Waals surface area contributed by atoms with Crippen LogP contribution in [0.15, 0.2) is 48.5 Å². The van der Waals surface area contributed by atoms with Gasteiger partial charge in [-0.2, -0.15) is 0 Å². The van der Waals surface area contributed by atoms with Crippen molar-refractivity contribution < 1.29 is 14.0 Å². The first-order valence-electron chi connectivity index (χ1n) is 6.14. The smallest absolute Gasteiger partial charge is 0.271 e. The largest absolute Gasteiger partial charge is 0.273 e. The maximum absolute atomic E-state index is 12.7. The second-order valence-corrected chi connectivity index (χ2v) is 4.69. The van der Waals surface area contributed by atoms with E-state index in [-0.39, 0.29) is 17.8 Å². The van der Waals surface area contributed by atoms with E-state index in [1.807, 2.05) is 0 Å². The number of nitrogens with one attached hydrogen (secondary N) is 2. The van der Waals surface area contributed by atoms with Crippen molar-refractivity contribution in [3.05, 3.63) is 70.5 Å². The normalized spacial score (nSPS) is 10.0. The molecule has 0 aliphatic carbocycles. The summed E-state index contributed by atoms with van der Waals surface area (Å²) < 4.78 is 12.7. The standard InChI is InChI=1S/C15H12ClFN2O2/c16-13-4-2-1-3-12(13)15(21)19-18-14(20)9-10-5-7-11(17)8-6-10/h1-8H,9H2,(H,18,20)(H,19,21). The molecule has 2 aromatic carbocycles. The van der Waals surface area contributed by atoms with Crippen LogP contribution in [-0.4, -0.2) is 11.8 Å². The Kier molecular flexibility index (Phi) is 4.90. The van der Waals surface area contributed by atoms with Crippen LogP contribution in [-0.2, 0) is 11.2 Å². The van der Waals surface area contributed by atoms with E-state index in [9.17, 15) is 14.0 Å². The van der Waals surface area contributed by atoms with E-state index in [2.05, 4.69) is 10.9 Å². The van der Waals surface area contributed by atoms with Crippen LogP contribution >= 0.6 is 11.6 Å². The molecule has 2 N–H and O–H groups in total. The topological polar surface area (TPSA) is 58.2 Å². The van der Waals surface area contributed by atoms with Gasteiger partial charge < -0.3 is 0 Å². The third-order valence-corrected chi connectivity index (χ3v) is 3.04. The van der Waals surface area contributed by atoms with Crippen molar-refractivity contribution in [1.29, 1.82) is 0 Å². The van der Waals surface area contributed by atoms with E-state index in [0.29, 0.717) is 10.6 Å². The lowest BCUT2D eigenvalue weighted by Gasteiger charge is -2.08. The molecule has 4 nitrogen and oxygen atoms in total. The SMILES string of the molecule is O=C(Cc1ccc(F)cc1)NNC(=O)c1ccccc1Cl. The molecule has 2 rings (SSSR count). The molecule has 0 aromatic heterocycles. The van der Waals surface area contributed by atoms with Gasteiger partial charge in [-0.25, -0.2) is 4.39 Å². The molecule has 108 valence electrons. The van der Waals surface area contributed by atoms with Gasteiger partial charge in [0, 0.05) is 0 Å². The number of hydrazine groups is 1. The molecule has 0 radical (unpaired) electrons. The fourth-order valence-corrected chi connectivity index (χ4v) is 1.89. The number of benzene rings is 2. The maximum Gasteiger partial charge on any atom is 0.271 e. The Balaban J connectivity index is 1.88. The van der Waals surface area contributed by atoms with Crippen molar-refractivity contribution >= 4 is 23.4 Å². The monoisotopic (exact) mass is 306 g/mol. The van der Waals surface area contributed by atoms with Gasteiger partial charge in [-0.15, -0.1) is 0 Å². The van der Waals surface area contributed by atoms with Gasteiger partial charge in [-0.1, -0.05) is 35.9 Å². The Bertz CT molecular complexity index is 659. The Morgan fingerprint density at radius 1 is 1.00 bits per heavy atom. The van der Waals surface area contributed by atoms with Crippen molar-refractivity contribution in [2.75, 3.05) is 0 Å². The molecule has 0 spiro atoms. The van der Waals surface area contributed by atoms with Crippen LogP contribution < -0.4 is 10.9 Å². The highest BCUT2D eigenvalue weighted by atomic mass is 35.5. The van der Waals surface area contributed by atoms with Crippen molar-refractivity contribution in [3.63, 3.8) is 0 Å². The lowest BCUT2D eigenvalue weighted by Crippen LogP contribution is -2.42. The summed E-state index contributed by atoms with van der Waals surface area (Å²) in [4.78, 5) is 23.5. The first kappa shape index (κ1) is 15.0. The number of carbonyl (C=O) groups excluding carboxylic acids is 2. The van der Waals surface area contributed by atoms with Gasteiger partial charge in [0.2, 0.25) is 5.91 Å². The average Bonchev–Trinajstić information content (AvgIpc) is 2.48. The average molecular weight is 307 g/mol. The summed E-state index contributed by atoms with van der Waals surface area (Å²) in [5, 5.41) is 0.294. The van der Waals surface area contributed by atoms with Crippen LogP contribution in [0.5, 0.6) is 0 Å². The lowest BCUT2D eigenvalue weighted by molar-refractivity contribution is -0.121. The second kappa shape index (κ2) is 6.85. The van der Waals surface area contributed by atoms with Gasteiger partial charge in [0.1, 0.15) is 5.82 Å². The Labute approximate surface area is 125 Å². The minimum Gasteiger partial charge on any atom is -0.273 e. The third kappa shape index (κ3) is 4.29. The number of carbonyl (C=O) groups is 2. The highest BCUT2D eigenvalue weighted by Gasteiger charge is 2.10. The van der Waals surface area contributed by atoms with E-state index < -0.39 is 11.8 Å². The van der Waals surface area contributed by atoms with Crippen LogP contribution in [0.1, 0.15) is 15.9 Å². The Hall–Kier alpha value is -2.40. The highest BCUT2D eigenvalue weighted by Crippen LogP contribution is 2.14. The fraction of sp³-hybridized carbons (Fsp3) is 0.0667. The van der Waals surface area contributed by atoms with Crippen molar-refractivity contribution in [2.24, 2.45) is 0 Å². The summed E-state index contributed by atoms with van der Waals surface area (Å²) >= 11 is 5.87.